The van der Waals surface area contributed by atoms with Crippen LogP contribution in [0.25, 0.3) is 6.08 Å². The summed E-state index contributed by atoms with van der Waals surface area (Å²) in [5.41, 5.74) is 1.19. The molecule has 1 aromatic rings. The first-order valence-electron chi connectivity index (χ1n) is 5.24. The summed E-state index contributed by atoms with van der Waals surface area (Å²) in [5.74, 6) is 0. The van der Waals surface area contributed by atoms with E-state index in [2.05, 4.69) is 28.1 Å². The van der Waals surface area contributed by atoms with Gasteiger partial charge in [-0.05, 0) is 37.6 Å². The van der Waals surface area contributed by atoms with E-state index in [1.54, 1.807) is 6.20 Å². The molecule has 1 aliphatic heterocycles. The van der Waals surface area contributed by atoms with Crippen molar-refractivity contribution >= 4 is 6.08 Å². The summed E-state index contributed by atoms with van der Waals surface area (Å²) in [4.78, 5) is 6.55. The fourth-order valence-electron chi connectivity index (χ4n) is 1.78. The Morgan fingerprint density at radius 1 is 1.36 bits per heavy atom. The molecule has 0 unspecified atom stereocenters. The molecule has 14 heavy (non-hydrogen) atoms. The summed E-state index contributed by atoms with van der Waals surface area (Å²) in [6.45, 7) is 3.60. The minimum Gasteiger partial charge on any atom is -0.300 e. The number of hydrogen-bond donors (Lipinski definition) is 0. The van der Waals surface area contributed by atoms with Crippen molar-refractivity contribution in [3.63, 3.8) is 0 Å². The number of likely N-dealkylation sites (tertiary alicyclic amines) is 1. The molecule has 2 rings (SSSR count). The first kappa shape index (κ1) is 9.41. The smallest absolute Gasteiger partial charge is 0.0340 e. The summed E-state index contributed by atoms with van der Waals surface area (Å²) < 4.78 is 0. The van der Waals surface area contributed by atoms with Gasteiger partial charge in [0.1, 0.15) is 0 Å². The normalized spacial score (nSPS) is 18.0. The molecule has 1 aliphatic rings. The number of nitrogens with zero attached hydrogens (tertiary/aromatic N) is 2. The third-order valence-electron chi connectivity index (χ3n) is 2.56. The third-order valence-corrected chi connectivity index (χ3v) is 2.56. The maximum Gasteiger partial charge on any atom is 0.0340 e. The van der Waals surface area contributed by atoms with Crippen molar-refractivity contribution in [1.82, 2.24) is 9.88 Å². The van der Waals surface area contributed by atoms with Crippen molar-refractivity contribution in [3.8, 4) is 0 Å². The quantitative estimate of drug-likeness (QED) is 0.723. The Balaban J connectivity index is 1.82. The van der Waals surface area contributed by atoms with Crippen LogP contribution in [-0.4, -0.2) is 29.5 Å². The van der Waals surface area contributed by atoms with Crippen molar-refractivity contribution in [3.05, 3.63) is 36.2 Å². The van der Waals surface area contributed by atoms with E-state index in [-0.39, 0.29) is 0 Å². The molecule has 0 saturated carbocycles. The van der Waals surface area contributed by atoms with Crippen molar-refractivity contribution < 1.29 is 0 Å². The minimum absolute atomic E-state index is 1.08. The highest BCUT2D eigenvalue weighted by Crippen LogP contribution is 2.07. The van der Waals surface area contributed by atoms with Crippen LogP contribution in [-0.2, 0) is 0 Å². The Morgan fingerprint density at radius 3 is 2.93 bits per heavy atom. The molecule has 0 N–H and O–H groups in total. The number of pyridine rings is 1. The van der Waals surface area contributed by atoms with Gasteiger partial charge in [-0.3, -0.25) is 9.88 Å². The van der Waals surface area contributed by atoms with E-state index >= 15 is 0 Å². The largest absolute Gasteiger partial charge is 0.300 e. The SMILES string of the molecule is C(=C\c1cccnc1)/CN1CCCC1. The lowest BCUT2D eigenvalue weighted by molar-refractivity contribution is 0.378. The molecule has 0 bridgehead atoms. The molecule has 1 aromatic heterocycles. The minimum atomic E-state index is 1.08. The Hall–Kier alpha value is -1.15. The average molecular weight is 188 g/mol. The molecular formula is C12H16N2. The molecule has 74 valence electrons. The first-order chi connectivity index (χ1) is 6.95. The van der Waals surface area contributed by atoms with Gasteiger partial charge in [0.2, 0.25) is 0 Å². The first-order valence-corrected chi connectivity index (χ1v) is 5.24. The summed E-state index contributed by atoms with van der Waals surface area (Å²) in [7, 11) is 0. The van der Waals surface area contributed by atoms with Crippen LogP contribution in [0.4, 0.5) is 0 Å². The van der Waals surface area contributed by atoms with Crippen molar-refractivity contribution in [2.75, 3.05) is 19.6 Å². The molecule has 0 radical (unpaired) electrons. The van der Waals surface area contributed by atoms with Gasteiger partial charge in [-0.1, -0.05) is 18.2 Å². The van der Waals surface area contributed by atoms with Gasteiger partial charge in [-0.25, -0.2) is 0 Å². The number of hydrogen-bond acceptors (Lipinski definition) is 2. The highest BCUT2D eigenvalue weighted by molar-refractivity contribution is 5.47. The van der Waals surface area contributed by atoms with E-state index in [0.717, 1.165) is 6.54 Å². The maximum absolute atomic E-state index is 4.07. The molecular weight excluding hydrogens is 172 g/mol. The van der Waals surface area contributed by atoms with Crippen LogP contribution in [0.3, 0.4) is 0 Å². The average Bonchev–Trinajstić information content (AvgIpc) is 2.72. The predicted octanol–water partition coefficient (Wildman–Crippen LogP) is 2.19. The third kappa shape index (κ3) is 2.67. The molecule has 0 aromatic carbocycles. The van der Waals surface area contributed by atoms with Crippen molar-refractivity contribution in [2.24, 2.45) is 0 Å². The summed E-state index contributed by atoms with van der Waals surface area (Å²) in [6, 6.07) is 4.04. The zero-order valence-corrected chi connectivity index (χ0v) is 8.39. The molecule has 0 spiro atoms. The zero-order chi connectivity index (χ0) is 9.64. The van der Waals surface area contributed by atoms with Gasteiger partial charge in [-0.15, -0.1) is 0 Å². The zero-order valence-electron chi connectivity index (χ0n) is 8.39. The molecule has 2 nitrogen and oxygen atoms in total. The van der Waals surface area contributed by atoms with Crippen LogP contribution < -0.4 is 0 Å². The van der Waals surface area contributed by atoms with Gasteiger partial charge in [0.25, 0.3) is 0 Å². The summed E-state index contributed by atoms with van der Waals surface area (Å²) >= 11 is 0. The highest BCUT2D eigenvalue weighted by atomic mass is 15.1. The van der Waals surface area contributed by atoms with Gasteiger partial charge >= 0.3 is 0 Å². The molecule has 0 atom stereocenters. The second-order valence-electron chi connectivity index (χ2n) is 3.70. The second-order valence-corrected chi connectivity index (χ2v) is 3.70. The molecule has 0 amide bonds. The van der Waals surface area contributed by atoms with Crippen molar-refractivity contribution in [1.29, 1.82) is 0 Å². The molecule has 2 heterocycles. The van der Waals surface area contributed by atoms with Gasteiger partial charge in [0, 0.05) is 18.9 Å². The van der Waals surface area contributed by atoms with Crippen LogP contribution in [0.2, 0.25) is 0 Å². The van der Waals surface area contributed by atoms with Crippen LogP contribution in [0.5, 0.6) is 0 Å². The van der Waals surface area contributed by atoms with Crippen LogP contribution in [0.15, 0.2) is 30.6 Å². The Kier molecular flexibility index (Phi) is 3.30. The summed E-state index contributed by atoms with van der Waals surface area (Å²) in [6.07, 6.45) is 10.8. The standard InChI is InChI=1S/C12H16N2/c1-2-9-14(8-1)10-4-6-12-5-3-7-13-11-12/h3-7,11H,1-2,8-10H2/b6-4+. The van der Waals surface area contributed by atoms with E-state index in [9.17, 15) is 0 Å². The lowest BCUT2D eigenvalue weighted by atomic mass is 10.2. The van der Waals surface area contributed by atoms with E-state index < -0.39 is 0 Å². The fraction of sp³-hybridized carbons (Fsp3) is 0.417. The van der Waals surface area contributed by atoms with Gasteiger partial charge in [0.05, 0.1) is 0 Å². The van der Waals surface area contributed by atoms with Gasteiger partial charge in [-0.2, -0.15) is 0 Å². The lowest BCUT2D eigenvalue weighted by Gasteiger charge is -2.10. The van der Waals surface area contributed by atoms with E-state index in [1.165, 1.54) is 31.5 Å². The topological polar surface area (TPSA) is 16.1 Å². The second kappa shape index (κ2) is 4.91. The molecule has 1 saturated heterocycles. The molecule has 1 fully saturated rings. The summed E-state index contributed by atoms with van der Waals surface area (Å²) in [5, 5.41) is 0. The maximum atomic E-state index is 4.07. The van der Waals surface area contributed by atoms with Crippen LogP contribution >= 0.6 is 0 Å². The highest BCUT2D eigenvalue weighted by Gasteiger charge is 2.08. The number of aromatic nitrogens is 1. The van der Waals surface area contributed by atoms with E-state index in [0.29, 0.717) is 0 Å². The van der Waals surface area contributed by atoms with Crippen LogP contribution in [0.1, 0.15) is 18.4 Å². The molecule has 0 aliphatic carbocycles. The monoisotopic (exact) mass is 188 g/mol. The lowest BCUT2D eigenvalue weighted by Crippen LogP contribution is -2.18. The van der Waals surface area contributed by atoms with E-state index in [1.807, 2.05) is 12.3 Å². The predicted molar refractivity (Wildman–Crippen MR) is 58.9 cm³/mol. The van der Waals surface area contributed by atoms with Gasteiger partial charge < -0.3 is 0 Å². The van der Waals surface area contributed by atoms with Crippen LogP contribution in [0, 0.1) is 0 Å². The fourth-order valence-corrected chi connectivity index (χ4v) is 1.78. The molecule has 2 heteroatoms. The number of rotatable bonds is 3. The Bertz CT molecular complexity index is 286. The Morgan fingerprint density at radius 2 is 2.21 bits per heavy atom. The van der Waals surface area contributed by atoms with Crippen molar-refractivity contribution in [2.45, 2.75) is 12.8 Å². The Labute approximate surface area is 85.3 Å². The van der Waals surface area contributed by atoms with Gasteiger partial charge in [0.15, 0.2) is 0 Å². The van der Waals surface area contributed by atoms with E-state index in [4.69, 9.17) is 0 Å².